The topological polar surface area (TPSA) is 84.9 Å². The van der Waals surface area contributed by atoms with Gasteiger partial charge in [0.15, 0.2) is 6.04 Å². The molecule has 1 amide bonds. The molecule has 0 heterocycles. The molecule has 0 saturated heterocycles. The molecule has 0 aromatic carbocycles. The summed E-state index contributed by atoms with van der Waals surface area (Å²) in [6, 6.07) is -1.43. The molecular weight excluding hydrogens is 252 g/mol. The second-order valence-corrected chi connectivity index (χ2v) is 4.47. The van der Waals surface area contributed by atoms with E-state index in [9.17, 15) is 18.4 Å². The molecule has 1 atom stereocenters. The smallest absolute Gasteiger partial charge is 0.408 e. The van der Waals surface area contributed by atoms with Crippen molar-refractivity contribution < 1.29 is 33.0 Å². The van der Waals surface area contributed by atoms with Crippen molar-refractivity contribution in [3.63, 3.8) is 0 Å². The van der Waals surface area contributed by atoms with Gasteiger partial charge in [-0.15, -0.1) is 0 Å². The van der Waals surface area contributed by atoms with Gasteiger partial charge in [0.05, 0.1) is 6.61 Å². The molecule has 0 rings (SSSR count). The molecule has 0 saturated carbocycles. The van der Waals surface area contributed by atoms with Crippen molar-refractivity contribution in [3.8, 4) is 0 Å². The number of rotatable bonds is 6. The van der Waals surface area contributed by atoms with Crippen molar-refractivity contribution >= 4 is 12.1 Å². The third-order valence-electron chi connectivity index (χ3n) is 1.52. The van der Waals surface area contributed by atoms with Crippen LogP contribution in [0.3, 0.4) is 0 Å². The van der Waals surface area contributed by atoms with Gasteiger partial charge in [-0.3, -0.25) is 0 Å². The van der Waals surface area contributed by atoms with Crippen molar-refractivity contribution in [3.05, 3.63) is 0 Å². The Hall–Kier alpha value is -1.44. The SMILES string of the molecule is CC(C)(C)OC(=O)NC(COCC(F)F)C(=O)O. The Morgan fingerprint density at radius 3 is 2.22 bits per heavy atom. The van der Waals surface area contributed by atoms with Gasteiger partial charge < -0.3 is 19.9 Å². The summed E-state index contributed by atoms with van der Waals surface area (Å²) in [4.78, 5) is 22.0. The minimum atomic E-state index is -2.69. The van der Waals surface area contributed by atoms with E-state index in [1.54, 1.807) is 20.8 Å². The first-order chi connectivity index (χ1) is 8.11. The van der Waals surface area contributed by atoms with E-state index in [1.165, 1.54) is 0 Å². The maximum Gasteiger partial charge on any atom is 0.408 e. The molecule has 0 aliphatic rings. The van der Waals surface area contributed by atoms with Gasteiger partial charge in [0.25, 0.3) is 6.43 Å². The van der Waals surface area contributed by atoms with Crippen molar-refractivity contribution in [1.82, 2.24) is 5.32 Å². The van der Waals surface area contributed by atoms with E-state index in [0.717, 1.165) is 0 Å². The van der Waals surface area contributed by atoms with Gasteiger partial charge >= 0.3 is 12.1 Å². The highest BCUT2D eigenvalue weighted by Crippen LogP contribution is 2.07. The average Bonchev–Trinajstić information content (AvgIpc) is 2.12. The van der Waals surface area contributed by atoms with Crippen LogP contribution in [0.25, 0.3) is 0 Å². The van der Waals surface area contributed by atoms with Crippen LogP contribution in [0.5, 0.6) is 0 Å². The maximum atomic E-state index is 11.8. The number of nitrogens with one attached hydrogen (secondary N) is 1. The predicted molar refractivity (Wildman–Crippen MR) is 57.6 cm³/mol. The molecule has 0 spiro atoms. The van der Waals surface area contributed by atoms with Crippen molar-refractivity contribution in [2.45, 2.75) is 38.8 Å². The van der Waals surface area contributed by atoms with Gasteiger partial charge in [-0.1, -0.05) is 0 Å². The largest absolute Gasteiger partial charge is 0.480 e. The standard InChI is InChI=1S/C10H17F2NO5/c1-10(2,3)18-9(16)13-6(8(14)15)4-17-5-7(11)12/h6-7H,4-5H2,1-3H3,(H,13,16)(H,14,15). The number of carboxylic acids is 1. The monoisotopic (exact) mass is 269 g/mol. The third-order valence-corrected chi connectivity index (χ3v) is 1.52. The highest BCUT2D eigenvalue weighted by molar-refractivity contribution is 5.80. The Labute approximate surface area is 103 Å². The lowest BCUT2D eigenvalue weighted by Gasteiger charge is -2.21. The first-order valence-electron chi connectivity index (χ1n) is 5.20. The molecule has 0 aromatic rings. The predicted octanol–water partition coefficient (Wildman–Crippen LogP) is 1.25. The Kier molecular flexibility index (Phi) is 6.53. The highest BCUT2D eigenvalue weighted by Gasteiger charge is 2.24. The molecule has 0 aliphatic carbocycles. The number of amides is 1. The zero-order valence-electron chi connectivity index (χ0n) is 10.4. The number of carbonyl (C=O) groups excluding carboxylic acids is 1. The average molecular weight is 269 g/mol. The number of carboxylic acid groups (broad SMARTS) is 1. The van der Waals surface area contributed by atoms with Crippen LogP contribution in [-0.4, -0.2) is 48.5 Å². The minimum Gasteiger partial charge on any atom is -0.480 e. The van der Waals surface area contributed by atoms with Gasteiger partial charge in [0.1, 0.15) is 12.2 Å². The van der Waals surface area contributed by atoms with Crippen LogP contribution in [0.1, 0.15) is 20.8 Å². The van der Waals surface area contributed by atoms with Gasteiger partial charge in [0.2, 0.25) is 0 Å². The van der Waals surface area contributed by atoms with E-state index in [1.807, 2.05) is 5.32 Å². The molecule has 0 fully saturated rings. The third kappa shape index (κ3) is 8.68. The zero-order valence-corrected chi connectivity index (χ0v) is 10.4. The van der Waals surface area contributed by atoms with Crippen LogP contribution < -0.4 is 5.32 Å². The van der Waals surface area contributed by atoms with Gasteiger partial charge in [-0.25, -0.2) is 18.4 Å². The molecule has 1 unspecified atom stereocenters. The summed E-state index contributed by atoms with van der Waals surface area (Å²) in [5, 5.41) is 10.8. The summed E-state index contributed by atoms with van der Waals surface area (Å²) < 4.78 is 32.9. The fourth-order valence-electron chi connectivity index (χ4n) is 0.899. The van der Waals surface area contributed by atoms with Gasteiger partial charge in [-0.05, 0) is 20.8 Å². The molecule has 18 heavy (non-hydrogen) atoms. The number of alkyl carbamates (subject to hydrolysis) is 1. The van der Waals surface area contributed by atoms with E-state index in [4.69, 9.17) is 9.84 Å². The molecule has 6 nitrogen and oxygen atoms in total. The van der Waals surface area contributed by atoms with Gasteiger partial charge in [0, 0.05) is 0 Å². The molecule has 106 valence electrons. The second-order valence-electron chi connectivity index (χ2n) is 4.47. The normalized spacial score (nSPS) is 13.2. The summed E-state index contributed by atoms with van der Waals surface area (Å²) in [6.07, 6.45) is -3.64. The quantitative estimate of drug-likeness (QED) is 0.758. The summed E-state index contributed by atoms with van der Waals surface area (Å²) in [5.74, 6) is -1.39. The summed E-state index contributed by atoms with van der Waals surface area (Å²) in [7, 11) is 0. The first kappa shape index (κ1) is 16.6. The molecule has 0 radical (unpaired) electrons. The Morgan fingerprint density at radius 1 is 1.28 bits per heavy atom. The van der Waals surface area contributed by atoms with Crippen molar-refractivity contribution in [1.29, 1.82) is 0 Å². The molecule has 2 N–H and O–H groups in total. The van der Waals surface area contributed by atoms with E-state index in [0.29, 0.717) is 0 Å². The fraction of sp³-hybridized carbons (Fsp3) is 0.800. The summed E-state index contributed by atoms with van der Waals surface area (Å²) in [5.41, 5.74) is -0.781. The minimum absolute atomic E-state index is 0.557. The Bertz CT molecular complexity index is 290. The van der Waals surface area contributed by atoms with Crippen LogP contribution in [0.4, 0.5) is 13.6 Å². The zero-order chi connectivity index (χ0) is 14.3. The van der Waals surface area contributed by atoms with Crippen LogP contribution >= 0.6 is 0 Å². The van der Waals surface area contributed by atoms with E-state index < -0.39 is 43.3 Å². The fourth-order valence-corrected chi connectivity index (χ4v) is 0.899. The number of halogens is 2. The number of ether oxygens (including phenoxy) is 2. The molecule has 0 bridgehead atoms. The number of hydrogen-bond donors (Lipinski definition) is 2. The van der Waals surface area contributed by atoms with E-state index in [2.05, 4.69) is 4.74 Å². The van der Waals surface area contributed by atoms with Crippen LogP contribution in [-0.2, 0) is 14.3 Å². The Balaban J connectivity index is 4.19. The number of alkyl halides is 2. The molecule has 0 aliphatic heterocycles. The lowest BCUT2D eigenvalue weighted by molar-refractivity contribution is -0.141. The van der Waals surface area contributed by atoms with Gasteiger partial charge in [-0.2, -0.15) is 0 Å². The number of carbonyl (C=O) groups is 2. The lowest BCUT2D eigenvalue weighted by atomic mass is 10.2. The highest BCUT2D eigenvalue weighted by atomic mass is 19.3. The van der Waals surface area contributed by atoms with Crippen LogP contribution in [0.2, 0.25) is 0 Å². The summed E-state index contributed by atoms with van der Waals surface area (Å²) >= 11 is 0. The van der Waals surface area contributed by atoms with Crippen LogP contribution in [0.15, 0.2) is 0 Å². The number of hydrogen-bond acceptors (Lipinski definition) is 4. The number of aliphatic carboxylic acids is 1. The maximum absolute atomic E-state index is 11.8. The lowest BCUT2D eigenvalue weighted by Crippen LogP contribution is -2.46. The second kappa shape index (κ2) is 7.10. The van der Waals surface area contributed by atoms with Crippen molar-refractivity contribution in [2.75, 3.05) is 13.2 Å². The molecule has 0 aromatic heterocycles. The molecular formula is C10H17F2NO5. The Morgan fingerprint density at radius 2 is 1.83 bits per heavy atom. The summed E-state index contributed by atoms with van der Waals surface area (Å²) in [6.45, 7) is 3.37. The van der Waals surface area contributed by atoms with Crippen molar-refractivity contribution in [2.24, 2.45) is 0 Å². The van der Waals surface area contributed by atoms with E-state index >= 15 is 0 Å². The van der Waals surface area contributed by atoms with E-state index in [-0.39, 0.29) is 0 Å². The molecule has 8 heteroatoms. The first-order valence-corrected chi connectivity index (χ1v) is 5.20. The van der Waals surface area contributed by atoms with Crippen LogP contribution in [0, 0.1) is 0 Å².